The van der Waals surface area contributed by atoms with Gasteiger partial charge in [0.2, 0.25) is 15.9 Å². The Morgan fingerprint density at radius 2 is 1.82 bits per heavy atom. The Kier molecular flexibility index (Phi) is 8.47. The van der Waals surface area contributed by atoms with Gasteiger partial charge in [0.1, 0.15) is 6.54 Å². The lowest BCUT2D eigenvalue weighted by atomic mass is 10.2. The molecule has 2 rings (SSSR count). The molecule has 0 aliphatic rings. The molecule has 1 N–H and O–H groups in total. The number of amides is 1. The van der Waals surface area contributed by atoms with Crippen LogP contribution in [0.5, 0.6) is 11.5 Å². The van der Waals surface area contributed by atoms with Crippen molar-refractivity contribution in [1.29, 1.82) is 0 Å². The van der Waals surface area contributed by atoms with Crippen molar-refractivity contribution in [2.75, 3.05) is 24.2 Å². The van der Waals surface area contributed by atoms with E-state index in [1.54, 1.807) is 18.2 Å². The van der Waals surface area contributed by atoms with Crippen LogP contribution in [0.1, 0.15) is 25.0 Å². The summed E-state index contributed by atoms with van der Waals surface area (Å²) in [5.41, 5.74) is -0.888. The Balaban J connectivity index is 2.18. The molecule has 7 nitrogen and oxygen atoms in total. The molecule has 0 aromatic heterocycles. The second-order valence-corrected chi connectivity index (χ2v) is 9.67. The van der Waals surface area contributed by atoms with Crippen LogP contribution >= 0.6 is 11.6 Å². The van der Waals surface area contributed by atoms with E-state index in [9.17, 15) is 26.4 Å². The molecule has 0 spiro atoms. The zero-order chi connectivity index (χ0) is 25.0. The minimum Gasteiger partial charge on any atom is -0.493 e. The molecule has 0 saturated heterocycles. The summed E-state index contributed by atoms with van der Waals surface area (Å²) >= 11 is 5.60. The summed E-state index contributed by atoms with van der Waals surface area (Å²) in [7, 11) is -2.60. The van der Waals surface area contributed by atoms with Gasteiger partial charge in [0, 0.05) is 6.54 Å². The minimum atomic E-state index is -4.79. The second-order valence-electron chi connectivity index (χ2n) is 7.36. The zero-order valence-electron chi connectivity index (χ0n) is 18.4. The fourth-order valence-electron chi connectivity index (χ4n) is 2.85. The molecule has 0 radical (unpaired) electrons. The first kappa shape index (κ1) is 26.6. The highest BCUT2D eigenvalue weighted by Crippen LogP contribution is 2.37. The van der Waals surface area contributed by atoms with E-state index in [4.69, 9.17) is 21.1 Å². The van der Waals surface area contributed by atoms with Crippen molar-refractivity contribution in [2.45, 2.75) is 32.7 Å². The number of nitrogens with zero attached hydrogens (tertiary/aromatic N) is 1. The maximum absolute atomic E-state index is 13.2. The number of rotatable bonds is 9. The lowest BCUT2D eigenvalue weighted by Crippen LogP contribution is -2.40. The number of sulfonamides is 1. The van der Waals surface area contributed by atoms with Crippen LogP contribution in [-0.4, -0.2) is 40.3 Å². The summed E-state index contributed by atoms with van der Waals surface area (Å²) in [5.74, 6) is 0.258. The molecule has 2 aromatic rings. The number of halogens is 4. The third-order valence-electron chi connectivity index (χ3n) is 4.31. The maximum Gasteiger partial charge on any atom is 0.417 e. The predicted molar refractivity (Wildman–Crippen MR) is 119 cm³/mol. The molecule has 0 fully saturated rings. The average Bonchev–Trinajstić information content (AvgIpc) is 2.69. The number of alkyl halides is 3. The normalized spacial score (nSPS) is 11.9. The molecule has 33 heavy (non-hydrogen) atoms. The summed E-state index contributed by atoms with van der Waals surface area (Å²) in [5, 5.41) is 1.97. The second kappa shape index (κ2) is 10.5. The number of benzene rings is 2. The van der Waals surface area contributed by atoms with E-state index in [0.717, 1.165) is 18.4 Å². The van der Waals surface area contributed by atoms with Crippen LogP contribution < -0.4 is 19.1 Å². The number of nitrogens with one attached hydrogen (secondary N) is 1. The molecule has 182 valence electrons. The maximum atomic E-state index is 13.2. The van der Waals surface area contributed by atoms with Gasteiger partial charge in [-0.3, -0.25) is 9.10 Å². The van der Waals surface area contributed by atoms with E-state index in [1.807, 2.05) is 13.8 Å². The molecule has 0 aliphatic carbocycles. The number of carbonyl (C=O) groups excluding carboxylic acids is 1. The van der Waals surface area contributed by atoms with Crippen LogP contribution in [0.3, 0.4) is 0 Å². The summed E-state index contributed by atoms with van der Waals surface area (Å²) in [6, 6.07) is 7.66. The molecule has 0 saturated carbocycles. The van der Waals surface area contributed by atoms with Crippen LogP contribution in [0.25, 0.3) is 0 Å². The molecule has 0 aliphatic heterocycles. The number of carbonyl (C=O) groups is 1. The Morgan fingerprint density at radius 3 is 2.36 bits per heavy atom. The fourth-order valence-corrected chi connectivity index (χ4v) is 3.92. The monoisotopic (exact) mass is 508 g/mol. The smallest absolute Gasteiger partial charge is 0.417 e. The summed E-state index contributed by atoms with van der Waals surface area (Å²) in [6.07, 6.45) is -4.07. The van der Waals surface area contributed by atoms with Gasteiger partial charge in [0.25, 0.3) is 0 Å². The van der Waals surface area contributed by atoms with E-state index < -0.39 is 39.2 Å². The van der Waals surface area contributed by atoms with Crippen molar-refractivity contribution in [3.05, 3.63) is 52.5 Å². The van der Waals surface area contributed by atoms with Gasteiger partial charge in [-0.2, -0.15) is 13.2 Å². The van der Waals surface area contributed by atoms with Crippen molar-refractivity contribution >= 4 is 33.2 Å². The highest BCUT2D eigenvalue weighted by Gasteiger charge is 2.34. The fraction of sp³-hybridized carbons (Fsp3) is 0.381. The summed E-state index contributed by atoms with van der Waals surface area (Å²) < 4.78 is 75.4. The van der Waals surface area contributed by atoms with Gasteiger partial charge >= 0.3 is 6.18 Å². The predicted octanol–water partition coefficient (Wildman–Crippen LogP) is 4.24. The van der Waals surface area contributed by atoms with Crippen LogP contribution in [0.4, 0.5) is 18.9 Å². The largest absolute Gasteiger partial charge is 0.493 e. The van der Waals surface area contributed by atoms with Crippen LogP contribution in [-0.2, 0) is 27.5 Å². The van der Waals surface area contributed by atoms with Gasteiger partial charge < -0.3 is 14.8 Å². The number of methoxy groups -OCH3 is 1. The summed E-state index contributed by atoms with van der Waals surface area (Å²) in [6.45, 7) is 3.03. The van der Waals surface area contributed by atoms with E-state index in [0.29, 0.717) is 27.4 Å². The molecule has 0 atom stereocenters. The highest BCUT2D eigenvalue weighted by atomic mass is 35.5. The Hall–Kier alpha value is -2.66. The van der Waals surface area contributed by atoms with Gasteiger partial charge in [-0.1, -0.05) is 17.7 Å². The summed E-state index contributed by atoms with van der Waals surface area (Å²) in [4.78, 5) is 12.4. The molecule has 1 amide bonds. The van der Waals surface area contributed by atoms with E-state index >= 15 is 0 Å². The molecule has 0 bridgehead atoms. The number of anilines is 1. The van der Waals surface area contributed by atoms with Crippen molar-refractivity contribution in [3.63, 3.8) is 0 Å². The van der Waals surface area contributed by atoms with Gasteiger partial charge in [-0.15, -0.1) is 0 Å². The minimum absolute atomic E-state index is 0.0309. The zero-order valence-corrected chi connectivity index (χ0v) is 19.9. The third-order valence-corrected chi connectivity index (χ3v) is 5.78. The van der Waals surface area contributed by atoms with Gasteiger partial charge in [-0.05, 0) is 49.7 Å². The lowest BCUT2D eigenvalue weighted by Gasteiger charge is -2.23. The molecule has 0 unspecified atom stereocenters. The van der Waals surface area contributed by atoms with Gasteiger partial charge in [0.05, 0.1) is 35.7 Å². The number of hydrogen-bond acceptors (Lipinski definition) is 5. The van der Waals surface area contributed by atoms with Crippen LogP contribution in [0.15, 0.2) is 36.4 Å². The third kappa shape index (κ3) is 7.43. The van der Waals surface area contributed by atoms with Crippen LogP contribution in [0, 0.1) is 0 Å². The van der Waals surface area contributed by atoms with E-state index in [-0.39, 0.29) is 18.3 Å². The van der Waals surface area contributed by atoms with Crippen LogP contribution in [0.2, 0.25) is 5.02 Å². The number of ether oxygens (including phenoxy) is 2. The van der Waals surface area contributed by atoms with Gasteiger partial charge in [-0.25, -0.2) is 8.42 Å². The molecule has 12 heteroatoms. The Morgan fingerprint density at radius 1 is 1.15 bits per heavy atom. The van der Waals surface area contributed by atoms with Gasteiger partial charge in [0.15, 0.2) is 11.5 Å². The quantitative estimate of drug-likeness (QED) is 0.548. The number of hydrogen-bond donors (Lipinski definition) is 1. The molecular formula is C21H24ClF3N2O5S. The van der Waals surface area contributed by atoms with Crippen molar-refractivity contribution in [3.8, 4) is 11.5 Å². The van der Waals surface area contributed by atoms with Crippen molar-refractivity contribution in [1.82, 2.24) is 5.32 Å². The molecule has 2 aromatic carbocycles. The standard InChI is InChI=1S/C21H24ClF3N2O5S/c1-13(2)32-18-8-5-14(9-19(18)31-3)11-26-20(28)12-27(33(4,29)30)15-6-7-17(22)16(10-15)21(23,24)25/h5-10,13H,11-12H2,1-4H3,(H,26,28). The first-order valence-electron chi connectivity index (χ1n) is 9.67. The molecular weight excluding hydrogens is 485 g/mol. The first-order valence-corrected chi connectivity index (χ1v) is 11.9. The SMILES string of the molecule is COc1cc(CNC(=O)CN(c2ccc(Cl)c(C(F)(F)F)c2)S(C)(=O)=O)ccc1OC(C)C. The lowest BCUT2D eigenvalue weighted by molar-refractivity contribution is -0.137. The topological polar surface area (TPSA) is 84.9 Å². The Bertz CT molecular complexity index is 1110. The van der Waals surface area contributed by atoms with Crippen molar-refractivity contribution in [2.24, 2.45) is 0 Å². The highest BCUT2D eigenvalue weighted by molar-refractivity contribution is 7.92. The van der Waals surface area contributed by atoms with E-state index in [1.165, 1.54) is 7.11 Å². The average molecular weight is 509 g/mol. The van der Waals surface area contributed by atoms with E-state index in [2.05, 4.69) is 5.32 Å². The first-order chi connectivity index (χ1) is 15.2. The molecule has 0 heterocycles. The van der Waals surface area contributed by atoms with Crippen molar-refractivity contribution < 1.29 is 35.9 Å². The Labute approximate surface area is 195 Å².